The third-order valence-corrected chi connectivity index (χ3v) is 18.9. The van der Waals surface area contributed by atoms with Crippen molar-refractivity contribution in [3.8, 4) is 0 Å². The van der Waals surface area contributed by atoms with E-state index in [9.17, 15) is 0 Å². The third-order valence-electron chi connectivity index (χ3n) is 10.2. The Morgan fingerprint density at radius 3 is 0.676 bits per heavy atom. The maximum atomic E-state index is 7.75. The fourth-order valence-corrected chi connectivity index (χ4v) is 18.2. The Hall–Kier alpha value is 0.694. The van der Waals surface area contributed by atoms with E-state index in [1.807, 2.05) is 0 Å². The second-order valence-electron chi connectivity index (χ2n) is 12.4. The SMILES string of the molecule is C1CCCC([PH+](CC[PH+](C2CCCCCC2)C2CCCCCC2)C2CCCCCC2)CC1.[CH-]=O.[CH-]=O.[Ni+2]. The Morgan fingerprint density at radius 2 is 0.514 bits per heavy atom. The van der Waals surface area contributed by atoms with E-state index in [-0.39, 0.29) is 32.3 Å². The first kappa shape index (κ1) is 35.7. The topological polar surface area (TPSA) is 34.1 Å². The summed E-state index contributed by atoms with van der Waals surface area (Å²) in [4.78, 5) is 15.5. The van der Waals surface area contributed by atoms with Crippen molar-refractivity contribution in [3.63, 3.8) is 0 Å². The smallest absolute Gasteiger partial charge is 0.545 e. The second-order valence-corrected chi connectivity index (χ2v) is 19.0. The van der Waals surface area contributed by atoms with Crippen LogP contribution in [0.3, 0.4) is 0 Å². The Labute approximate surface area is 243 Å². The maximum absolute atomic E-state index is 7.75. The van der Waals surface area contributed by atoms with E-state index in [0.29, 0.717) is 0 Å². The molecular weight excluding hydrogens is 537 g/mol. The molecule has 37 heavy (non-hydrogen) atoms. The summed E-state index contributed by atoms with van der Waals surface area (Å²) in [5.41, 5.74) is 4.82. The first-order valence-electron chi connectivity index (χ1n) is 16.1. The quantitative estimate of drug-likeness (QED) is 0.0963. The Kier molecular flexibility index (Phi) is 22.6. The van der Waals surface area contributed by atoms with Gasteiger partial charge in [-0.05, 0) is 103 Å². The van der Waals surface area contributed by atoms with Gasteiger partial charge in [-0.2, -0.15) is 0 Å². The van der Waals surface area contributed by atoms with Crippen LogP contribution in [0, 0.1) is 0 Å². The van der Waals surface area contributed by atoms with E-state index in [0.717, 1.165) is 0 Å². The zero-order valence-corrected chi connectivity index (χ0v) is 27.0. The van der Waals surface area contributed by atoms with Crippen molar-refractivity contribution >= 4 is 29.4 Å². The van der Waals surface area contributed by atoms with Crippen molar-refractivity contribution in [2.24, 2.45) is 0 Å². The standard InChI is InChI=1S/C30H56P2.2CHO.Ni/c1-2-10-18-27(17-9-1)31(28-19-11-3-4-12-20-28)25-26-32(29-21-13-5-6-14-22-29)30-23-15-7-8-16-24-30;2*1-2;/h27-30H,1-26H2;2*1H;/q;2*-1;+2/p+2. The maximum Gasteiger partial charge on any atom is 2.00 e. The van der Waals surface area contributed by atoms with Gasteiger partial charge in [0.2, 0.25) is 0 Å². The van der Waals surface area contributed by atoms with Gasteiger partial charge < -0.3 is 9.59 Å². The van der Waals surface area contributed by atoms with Crippen molar-refractivity contribution < 1.29 is 26.1 Å². The molecule has 4 rings (SSSR count). The summed E-state index contributed by atoms with van der Waals surface area (Å²) in [6.07, 6.45) is 41.7. The number of carbonyl (C=O) groups excluding carboxylic acids is 2. The van der Waals surface area contributed by atoms with Crippen LogP contribution >= 0.6 is 15.8 Å². The number of hydrogen-bond donors (Lipinski definition) is 0. The number of rotatable bonds is 7. The molecule has 0 aliphatic heterocycles. The molecule has 0 saturated heterocycles. The molecule has 4 aliphatic carbocycles. The summed E-state index contributed by atoms with van der Waals surface area (Å²) in [5, 5.41) is 0. The Bertz CT molecular complexity index is 419. The zero-order valence-electron chi connectivity index (χ0n) is 24.0. The predicted molar refractivity (Wildman–Crippen MR) is 166 cm³/mol. The Morgan fingerprint density at radius 1 is 0.351 bits per heavy atom. The molecule has 4 fully saturated rings. The average molecular weight is 597 g/mol. The van der Waals surface area contributed by atoms with Gasteiger partial charge in [-0.1, -0.05) is 51.4 Å². The normalized spacial score (nSPS) is 23.7. The second kappa shape index (κ2) is 23.4. The summed E-state index contributed by atoms with van der Waals surface area (Å²) < 4.78 is 0. The van der Waals surface area contributed by atoms with Crippen LogP contribution in [0.4, 0.5) is 0 Å². The molecule has 0 N–H and O–H groups in total. The third kappa shape index (κ3) is 13.3. The van der Waals surface area contributed by atoms with Gasteiger partial charge in [-0.15, -0.1) is 0 Å². The molecule has 0 radical (unpaired) electrons. The van der Waals surface area contributed by atoms with E-state index in [1.165, 1.54) is 22.6 Å². The molecule has 0 amide bonds. The molecule has 0 aromatic rings. The monoisotopic (exact) mass is 596 g/mol. The summed E-state index contributed by atoms with van der Waals surface area (Å²) in [5.74, 6) is 0. The molecule has 0 aromatic heterocycles. The van der Waals surface area contributed by atoms with Gasteiger partial charge in [0.1, 0.15) is 0 Å². The minimum absolute atomic E-state index is 0. The molecular formula is C32H60NiO2P2+2. The summed E-state index contributed by atoms with van der Waals surface area (Å²) >= 11 is 0. The fraction of sp³-hybridized carbons (Fsp3) is 0.938. The van der Waals surface area contributed by atoms with Gasteiger partial charge in [0, 0.05) is 15.8 Å². The molecule has 0 heterocycles. The van der Waals surface area contributed by atoms with Crippen LogP contribution in [0.15, 0.2) is 0 Å². The van der Waals surface area contributed by atoms with Crippen molar-refractivity contribution in [2.75, 3.05) is 12.3 Å². The first-order chi connectivity index (χ1) is 17.9. The van der Waals surface area contributed by atoms with Gasteiger partial charge in [0.05, 0.1) is 35.0 Å². The van der Waals surface area contributed by atoms with Crippen LogP contribution in [-0.4, -0.2) is 48.5 Å². The Balaban J connectivity index is 0.00000131. The van der Waals surface area contributed by atoms with Gasteiger partial charge >= 0.3 is 16.5 Å². The average Bonchev–Trinajstić information content (AvgIpc) is 3.54. The van der Waals surface area contributed by atoms with Gasteiger partial charge in [0.15, 0.2) is 0 Å². The molecule has 0 atom stereocenters. The molecule has 0 unspecified atom stereocenters. The van der Waals surface area contributed by atoms with Crippen molar-refractivity contribution in [1.82, 2.24) is 0 Å². The van der Waals surface area contributed by atoms with Crippen LogP contribution in [0.1, 0.15) is 154 Å². The van der Waals surface area contributed by atoms with E-state index in [2.05, 4.69) is 13.6 Å². The minimum Gasteiger partial charge on any atom is -0.545 e. The summed E-state index contributed by atoms with van der Waals surface area (Å²) in [6, 6.07) is 0. The van der Waals surface area contributed by atoms with Gasteiger partial charge in [-0.25, -0.2) is 0 Å². The van der Waals surface area contributed by atoms with Crippen LogP contribution in [0.25, 0.3) is 0 Å². The van der Waals surface area contributed by atoms with Crippen LogP contribution < -0.4 is 0 Å². The number of hydrogen-bond acceptors (Lipinski definition) is 2. The molecule has 0 spiro atoms. The van der Waals surface area contributed by atoms with E-state index in [1.54, 1.807) is 166 Å². The first-order valence-corrected chi connectivity index (χ1v) is 19.8. The molecule has 0 aromatic carbocycles. The van der Waals surface area contributed by atoms with E-state index < -0.39 is 0 Å². The predicted octanol–water partition coefficient (Wildman–Crippen LogP) is 9.76. The van der Waals surface area contributed by atoms with Gasteiger partial charge in [-0.3, -0.25) is 13.6 Å². The van der Waals surface area contributed by atoms with Crippen molar-refractivity contribution in [3.05, 3.63) is 0 Å². The van der Waals surface area contributed by atoms with Crippen LogP contribution in [-0.2, 0) is 26.1 Å². The van der Waals surface area contributed by atoms with Gasteiger partial charge in [0.25, 0.3) is 0 Å². The molecule has 4 aliphatic rings. The minimum atomic E-state index is -0.155. The summed E-state index contributed by atoms with van der Waals surface area (Å²) in [6.45, 7) is 6.50. The van der Waals surface area contributed by atoms with Crippen LogP contribution in [0.5, 0.6) is 0 Å². The largest absolute Gasteiger partial charge is 2.00 e. The van der Waals surface area contributed by atoms with E-state index >= 15 is 0 Å². The zero-order chi connectivity index (χ0) is 25.8. The fourth-order valence-electron chi connectivity index (χ4n) is 8.37. The van der Waals surface area contributed by atoms with Crippen molar-refractivity contribution in [2.45, 2.75) is 177 Å². The van der Waals surface area contributed by atoms with Crippen molar-refractivity contribution in [1.29, 1.82) is 0 Å². The van der Waals surface area contributed by atoms with E-state index in [4.69, 9.17) is 9.59 Å². The van der Waals surface area contributed by atoms with Crippen LogP contribution in [0.2, 0.25) is 0 Å². The summed E-state index contributed by atoms with van der Waals surface area (Å²) in [7, 11) is -0.309. The molecule has 2 nitrogen and oxygen atoms in total. The molecule has 4 saturated carbocycles. The molecule has 0 bridgehead atoms. The molecule has 218 valence electrons. The molecule has 5 heteroatoms.